The highest BCUT2D eigenvalue weighted by Gasteiger charge is 2.15. The van der Waals surface area contributed by atoms with Gasteiger partial charge in [0.1, 0.15) is 0 Å². The Morgan fingerprint density at radius 2 is 2.11 bits per heavy atom. The van der Waals surface area contributed by atoms with Crippen LogP contribution in [0.25, 0.3) is 0 Å². The third-order valence-corrected chi connectivity index (χ3v) is 5.23. The number of nitrogens with one attached hydrogen (secondary N) is 2. The lowest BCUT2D eigenvalue weighted by Gasteiger charge is -2.18. The van der Waals surface area contributed by atoms with E-state index in [0.717, 1.165) is 40.3 Å². The Morgan fingerprint density at radius 1 is 1.36 bits per heavy atom. The summed E-state index contributed by atoms with van der Waals surface area (Å²) >= 11 is 6.56. The van der Waals surface area contributed by atoms with Crippen LogP contribution < -0.4 is 10.6 Å². The van der Waals surface area contributed by atoms with Gasteiger partial charge in [-0.3, -0.25) is 4.98 Å². The lowest BCUT2D eigenvalue weighted by Crippen LogP contribution is -2.27. The summed E-state index contributed by atoms with van der Waals surface area (Å²) in [5.74, 6) is 0.439. The Balaban J connectivity index is 2.90. The summed E-state index contributed by atoms with van der Waals surface area (Å²) in [6.45, 7) is 15.0. The summed E-state index contributed by atoms with van der Waals surface area (Å²) in [4.78, 5) is 4.68. The first-order valence-electron chi connectivity index (χ1n) is 10.2. The highest BCUT2D eigenvalue weighted by molar-refractivity contribution is 6.31. The molecule has 154 valence electrons. The van der Waals surface area contributed by atoms with Gasteiger partial charge in [-0.15, -0.1) is 0 Å². The van der Waals surface area contributed by atoms with Crippen molar-refractivity contribution in [1.82, 2.24) is 15.6 Å². The molecule has 0 aliphatic carbocycles. The minimum atomic E-state index is 0.0796. The molecule has 0 aromatic carbocycles. The summed E-state index contributed by atoms with van der Waals surface area (Å²) in [5, 5.41) is 7.42. The molecule has 3 nitrogen and oxygen atoms in total. The fourth-order valence-corrected chi connectivity index (χ4v) is 3.54. The van der Waals surface area contributed by atoms with Gasteiger partial charge in [-0.2, -0.15) is 0 Å². The number of unbranched alkanes of at least 4 members (excludes halogenated alkanes) is 1. The van der Waals surface area contributed by atoms with Crippen LogP contribution in [0.15, 0.2) is 61.0 Å². The van der Waals surface area contributed by atoms with Gasteiger partial charge in [0.2, 0.25) is 0 Å². The monoisotopic (exact) mass is 401 g/mol. The van der Waals surface area contributed by atoms with E-state index in [9.17, 15) is 0 Å². The highest BCUT2D eigenvalue weighted by Crippen LogP contribution is 2.29. The van der Waals surface area contributed by atoms with Gasteiger partial charge in [0.25, 0.3) is 0 Å². The van der Waals surface area contributed by atoms with Gasteiger partial charge in [-0.1, -0.05) is 69.7 Å². The van der Waals surface area contributed by atoms with Crippen LogP contribution in [0.3, 0.4) is 0 Å². The van der Waals surface area contributed by atoms with Crippen LogP contribution in [0.5, 0.6) is 0 Å². The van der Waals surface area contributed by atoms with E-state index in [1.807, 2.05) is 38.5 Å². The average molecular weight is 402 g/mol. The molecule has 0 saturated heterocycles. The molecule has 0 amide bonds. The topological polar surface area (TPSA) is 37.0 Å². The zero-order valence-corrected chi connectivity index (χ0v) is 18.6. The third-order valence-electron chi connectivity index (χ3n) is 4.92. The molecule has 28 heavy (non-hydrogen) atoms. The third kappa shape index (κ3) is 7.29. The molecule has 0 spiro atoms. The number of hydrogen-bond donors (Lipinski definition) is 2. The first kappa shape index (κ1) is 24.2. The van der Waals surface area contributed by atoms with E-state index in [0.29, 0.717) is 12.5 Å². The van der Waals surface area contributed by atoms with Crippen LogP contribution in [-0.2, 0) is 6.54 Å². The fraction of sp³-hybridized carbons (Fsp3) is 0.458. The molecule has 1 rings (SSSR count). The van der Waals surface area contributed by atoms with E-state index in [1.54, 1.807) is 6.08 Å². The van der Waals surface area contributed by atoms with Crippen molar-refractivity contribution in [3.8, 4) is 0 Å². The summed E-state index contributed by atoms with van der Waals surface area (Å²) < 4.78 is 0. The molecule has 0 saturated carbocycles. The van der Waals surface area contributed by atoms with Crippen molar-refractivity contribution in [2.75, 3.05) is 7.05 Å². The van der Waals surface area contributed by atoms with Crippen LogP contribution in [0, 0.1) is 0 Å². The normalized spacial score (nSPS) is 14.1. The number of halogens is 1. The van der Waals surface area contributed by atoms with Crippen molar-refractivity contribution in [3.63, 3.8) is 0 Å². The quantitative estimate of drug-likeness (QED) is 0.301. The van der Waals surface area contributed by atoms with E-state index in [-0.39, 0.29) is 6.04 Å². The maximum Gasteiger partial charge on any atom is 0.0627 e. The van der Waals surface area contributed by atoms with E-state index >= 15 is 0 Å². The zero-order chi connectivity index (χ0) is 20.9. The van der Waals surface area contributed by atoms with Crippen molar-refractivity contribution < 1.29 is 0 Å². The number of hydrogen-bond acceptors (Lipinski definition) is 3. The Hall–Kier alpha value is -1.84. The number of allylic oxidation sites excluding steroid dienone is 2. The number of rotatable bonds is 13. The summed E-state index contributed by atoms with van der Waals surface area (Å²) in [5.41, 5.74) is 4.03. The van der Waals surface area contributed by atoms with E-state index in [1.165, 1.54) is 12.8 Å². The van der Waals surface area contributed by atoms with Crippen LogP contribution in [-0.4, -0.2) is 18.1 Å². The molecule has 0 aliphatic rings. The molecule has 0 radical (unpaired) electrons. The summed E-state index contributed by atoms with van der Waals surface area (Å²) in [6, 6.07) is 2.11. The molecule has 1 aromatic heterocycles. The molecule has 2 N–H and O–H groups in total. The average Bonchev–Trinajstić information content (AvgIpc) is 2.71. The van der Waals surface area contributed by atoms with Crippen LogP contribution in [0.2, 0.25) is 5.02 Å². The molecule has 0 fully saturated rings. The van der Waals surface area contributed by atoms with Crippen LogP contribution in [0.4, 0.5) is 0 Å². The van der Waals surface area contributed by atoms with Gasteiger partial charge in [0.05, 0.1) is 16.8 Å². The van der Waals surface area contributed by atoms with Crippen molar-refractivity contribution in [2.45, 2.75) is 65.0 Å². The minimum absolute atomic E-state index is 0.0796. The van der Waals surface area contributed by atoms with Crippen molar-refractivity contribution in [2.24, 2.45) is 0 Å². The molecular weight excluding hydrogens is 366 g/mol. The summed E-state index contributed by atoms with van der Waals surface area (Å²) in [6.07, 6.45) is 14.4. The van der Waals surface area contributed by atoms with Crippen LogP contribution in [0.1, 0.15) is 63.6 Å². The first-order chi connectivity index (χ1) is 13.5. The maximum absolute atomic E-state index is 6.56. The second-order valence-corrected chi connectivity index (χ2v) is 7.37. The lowest BCUT2D eigenvalue weighted by atomic mass is 9.95. The highest BCUT2D eigenvalue weighted by atomic mass is 35.5. The molecule has 0 bridgehead atoms. The fourth-order valence-electron chi connectivity index (χ4n) is 3.20. The number of pyridine rings is 1. The zero-order valence-electron chi connectivity index (χ0n) is 17.9. The van der Waals surface area contributed by atoms with Crippen molar-refractivity contribution in [3.05, 3.63) is 77.3 Å². The molecule has 0 aliphatic heterocycles. The lowest BCUT2D eigenvalue weighted by molar-refractivity contribution is 0.557. The Kier molecular flexibility index (Phi) is 11.5. The number of likely N-dealkylation sites (N-methyl/N-ethyl adjacent to an activating group) is 1. The van der Waals surface area contributed by atoms with E-state index in [2.05, 4.69) is 48.7 Å². The second-order valence-electron chi connectivity index (χ2n) is 6.96. The van der Waals surface area contributed by atoms with Crippen molar-refractivity contribution >= 4 is 11.6 Å². The Labute approximate surface area is 176 Å². The Morgan fingerprint density at radius 3 is 2.64 bits per heavy atom. The van der Waals surface area contributed by atoms with Gasteiger partial charge in [0, 0.05) is 24.9 Å². The maximum atomic E-state index is 6.56. The molecule has 1 aromatic rings. The predicted octanol–water partition coefficient (Wildman–Crippen LogP) is 6.30. The van der Waals surface area contributed by atoms with Crippen molar-refractivity contribution in [1.29, 1.82) is 0 Å². The number of aromatic nitrogens is 1. The molecule has 2 unspecified atom stereocenters. The van der Waals surface area contributed by atoms with Gasteiger partial charge in [-0.25, -0.2) is 0 Å². The van der Waals surface area contributed by atoms with Crippen LogP contribution >= 0.6 is 11.6 Å². The second kappa shape index (κ2) is 13.4. The summed E-state index contributed by atoms with van der Waals surface area (Å²) in [7, 11) is 1.93. The molecular formula is C24H36ClN3. The Bertz CT molecular complexity index is 691. The molecule has 2 atom stereocenters. The smallest absolute Gasteiger partial charge is 0.0627 e. The number of nitrogens with zero attached hydrogens (tertiary/aromatic N) is 1. The minimum Gasteiger partial charge on any atom is -0.386 e. The SMILES string of the molecule is C=CC(=C)/C(=C/NCc1cnc(C(CC)CCCC)c(Cl)c1)C(/C=C\C)NC. The van der Waals surface area contributed by atoms with Gasteiger partial charge < -0.3 is 10.6 Å². The predicted molar refractivity (Wildman–Crippen MR) is 124 cm³/mol. The standard InChI is InChI=1S/C24H36ClN3/c1-7-11-13-20(10-4)24-22(25)14-19(16-28-24)15-27-17-21(18(5)9-3)23(26-6)12-8-2/h8-9,12,14,16-17,20,23,26-27H,3,5,7,10-11,13,15H2,1-2,4,6H3/b12-8-,21-17-. The molecule has 4 heteroatoms. The van der Waals surface area contributed by atoms with Gasteiger partial charge in [-0.05, 0) is 49.6 Å². The van der Waals surface area contributed by atoms with Gasteiger partial charge >= 0.3 is 0 Å². The molecule has 1 heterocycles. The largest absolute Gasteiger partial charge is 0.386 e. The van der Waals surface area contributed by atoms with E-state index in [4.69, 9.17) is 11.6 Å². The van der Waals surface area contributed by atoms with E-state index < -0.39 is 0 Å². The van der Waals surface area contributed by atoms with Gasteiger partial charge in [0.15, 0.2) is 0 Å². The first-order valence-corrected chi connectivity index (χ1v) is 10.6.